The summed E-state index contributed by atoms with van der Waals surface area (Å²) in [6, 6.07) is 9.45. The van der Waals surface area contributed by atoms with Crippen LogP contribution in [0.3, 0.4) is 0 Å². The van der Waals surface area contributed by atoms with E-state index in [0.717, 1.165) is 16.8 Å². The molecule has 2 N–H and O–H groups in total. The van der Waals surface area contributed by atoms with Gasteiger partial charge in [0.05, 0.1) is 11.4 Å². The van der Waals surface area contributed by atoms with Crippen molar-refractivity contribution in [1.29, 1.82) is 0 Å². The van der Waals surface area contributed by atoms with Gasteiger partial charge in [0.2, 0.25) is 10.0 Å². The van der Waals surface area contributed by atoms with Crippen LogP contribution in [0.25, 0.3) is 11.3 Å². The number of nitrogens with zero attached hydrogens (tertiary/aromatic N) is 1. The first-order valence-electron chi connectivity index (χ1n) is 5.73. The second-order valence-corrected chi connectivity index (χ2v) is 6.30. The van der Waals surface area contributed by atoms with Crippen molar-refractivity contribution in [2.75, 3.05) is 11.6 Å². The van der Waals surface area contributed by atoms with Gasteiger partial charge in [0.1, 0.15) is 0 Å². The van der Waals surface area contributed by atoms with Crippen molar-refractivity contribution in [2.45, 2.75) is 6.54 Å². The number of alkyl halides is 1. The Hall–Kier alpha value is -1.37. The quantitative estimate of drug-likeness (QED) is 0.798. The van der Waals surface area contributed by atoms with Crippen LogP contribution in [-0.4, -0.2) is 30.2 Å². The van der Waals surface area contributed by atoms with Gasteiger partial charge in [-0.05, 0) is 17.2 Å². The van der Waals surface area contributed by atoms with Crippen molar-refractivity contribution < 1.29 is 8.42 Å². The topological polar surface area (TPSA) is 74.8 Å². The molecule has 0 bridgehead atoms. The van der Waals surface area contributed by atoms with Gasteiger partial charge < -0.3 is 0 Å². The molecule has 0 fully saturated rings. The van der Waals surface area contributed by atoms with Crippen molar-refractivity contribution in [2.24, 2.45) is 0 Å². The molecule has 1 aromatic heterocycles. The van der Waals surface area contributed by atoms with E-state index in [0.29, 0.717) is 0 Å². The normalized spacial score (nSPS) is 11.6. The molecule has 0 unspecified atom stereocenters. The van der Waals surface area contributed by atoms with Gasteiger partial charge in [-0.2, -0.15) is 5.10 Å². The lowest BCUT2D eigenvalue weighted by Gasteiger charge is -2.06. The van der Waals surface area contributed by atoms with Crippen LogP contribution in [0.2, 0.25) is 0 Å². The Labute approximate surface area is 117 Å². The van der Waals surface area contributed by atoms with Crippen molar-refractivity contribution >= 4 is 21.6 Å². The standard InChI is InChI=1S/C12H14ClN3O2S/c13-6-8-19(17,18)15-9-10-1-3-11(4-2-10)12-5-7-14-16-12/h1-5,7,15H,6,8-9H2,(H,14,16). The molecule has 1 heterocycles. The van der Waals surface area contributed by atoms with Crippen LogP contribution >= 0.6 is 11.6 Å². The third-order valence-corrected chi connectivity index (χ3v) is 4.35. The number of halogens is 1. The zero-order valence-corrected chi connectivity index (χ0v) is 11.7. The summed E-state index contributed by atoms with van der Waals surface area (Å²) in [6.45, 7) is 0.266. The van der Waals surface area contributed by atoms with Gasteiger partial charge >= 0.3 is 0 Å². The first kappa shape index (κ1) is 14.0. The highest BCUT2D eigenvalue weighted by Gasteiger charge is 2.08. The number of aromatic nitrogens is 2. The Morgan fingerprint density at radius 1 is 1.21 bits per heavy atom. The number of H-pyrrole nitrogens is 1. The van der Waals surface area contributed by atoms with E-state index in [2.05, 4.69) is 14.9 Å². The molecule has 0 radical (unpaired) electrons. The van der Waals surface area contributed by atoms with E-state index in [-0.39, 0.29) is 18.2 Å². The first-order valence-corrected chi connectivity index (χ1v) is 7.91. The maximum Gasteiger partial charge on any atom is 0.213 e. The van der Waals surface area contributed by atoms with E-state index in [1.165, 1.54) is 0 Å². The second kappa shape index (κ2) is 6.18. The van der Waals surface area contributed by atoms with Crippen molar-refractivity contribution in [3.63, 3.8) is 0 Å². The molecule has 2 aromatic rings. The van der Waals surface area contributed by atoms with Gasteiger partial charge in [-0.25, -0.2) is 13.1 Å². The summed E-state index contributed by atoms with van der Waals surface area (Å²) in [5.74, 6) is 0.0227. The van der Waals surface area contributed by atoms with Gasteiger partial charge in [0, 0.05) is 18.6 Å². The van der Waals surface area contributed by atoms with E-state index < -0.39 is 10.0 Å². The highest BCUT2D eigenvalue weighted by Crippen LogP contribution is 2.16. The molecule has 1 aromatic carbocycles. The summed E-state index contributed by atoms with van der Waals surface area (Å²) >= 11 is 5.42. The van der Waals surface area contributed by atoms with Crippen LogP contribution in [0.4, 0.5) is 0 Å². The number of sulfonamides is 1. The first-order chi connectivity index (χ1) is 9.11. The molecule has 2 rings (SSSR count). The second-order valence-electron chi connectivity index (χ2n) is 4.00. The minimum absolute atomic E-state index is 0.0687. The number of benzene rings is 1. The van der Waals surface area contributed by atoms with Gasteiger partial charge in [0.15, 0.2) is 0 Å². The molecular weight excluding hydrogens is 286 g/mol. The summed E-state index contributed by atoms with van der Waals surface area (Å²) in [6.07, 6.45) is 1.68. The van der Waals surface area contributed by atoms with E-state index in [4.69, 9.17) is 11.6 Å². The van der Waals surface area contributed by atoms with Crippen LogP contribution in [0.5, 0.6) is 0 Å². The minimum Gasteiger partial charge on any atom is -0.278 e. The Balaban J connectivity index is 2.00. The average molecular weight is 300 g/mol. The summed E-state index contributed by atoms with van der Waals surface area (Å²) in [5.41, 5.74) is 2.82. The number of hydrogen-bond acceptors (Lipinski definition) is 3. The fourth-order valence-corrected chi connectivity index (χ4v) is 2.93. The average Bonchev–Trinajstić information content (AvgIpc) is 2.91. The molecule has 0 amide bonds. The fourth-order valence-electron chi connectivity index (χ4n) is 1.59. The molecule has 0 spiro atoms. The summed E-state index contributed by atoms with van der Waals surface area (Å²) in [4.78, 5) is 0. The smallest absolute Gasteiger partial charge is 0.213 e. The molecule has 0 aliphatic rings. The van der Waals surface area contributed by atoms with Crippen molar-refractivity contribution in [1.82, 2.24) is 14.9 Å². The highest BCUT2D eigenvalue weighted by molar-refractivity contribution is 7.89. The third kappa shape index (κ3) is 4.05. The largest absolute Gasteiger partial charge is 0.278 e. The van der Waals surface area contributed by atoms with Gasteiger partial charge in [0.25, 0.3) is 0 Å². The SMILES string of the molecule is O=S(=O)(CCCl)NCc1ccc(-c2ccn[nH]2)cc1. The number of rotatable bonds is 6. The van der Waals surface area contributed by atoms with E-state index in [1.807, 2.05) is 30.3 Å². The molecule has 0 saturated heterocycles. The Bertz CT molecular complexity index is 609. The lowest BCUT2D eigenvalue weighted by molar-refractivity contribution is 0.583. The summed E-state index contributed by atoms with van der Waals surface area (Å²) in [5, 5.41) is 6.75. The maximum atomic E-state index is 11.4. The third-order valence-electron chi connectivity index (χ3n) is 2.61. The van der Waals surface area contributed by atoms with E-state index >= 15 is 0 Å². The monoisotopic (exact) mass is 299 g/mol. The van der Waals surface area contributed by atoms with Crippen LogP contribution in [0, 0.1) is 0 Å². The molecule has 0 atom stereocenters. The van der Waals surface area contributed by atoms with E-state index in [9.17, 15) is 8.42 Å². The molecule has 0 aliphatic carbocycles. The summed E-state index contributed by atoms with van der Waals surface area (Å²) in [7, 11) is -3.28. The van der Waals surface area contributed by atoms with Gasteiger partial charge in [-0.1, -0.05) is 24.3 Å². The number of aromatic amines is 1. The van der Waals surface area contributed by atoms with Crippen LogP contribution in [-0.2, 0) is 16.6 Å². The molecule has 7 heteroatoms. The van der Waals surface area contributed by atoms with Gasteiger partial charge in [-0.15, -0.1) is 11.6 Å². The lowest BCUT2D eigenvalue weighted by atomic mass is 10.1. The minimum atomic E-state index is -3.28. The molecule has 102 valence electrons. The molecule has 19 heavy (non-hydrogen) atoms. The van der Waals surface area contributed by atoms with Crippen molar-refractivity contribution in [3.8, 4) is 11.3 Å². The predicted octanol–water partition coefficient (Wildman–Crippen LogP) is 1.73. The zero-order valence-electron chi connectivity index (χ0n) is 10.1. The number of nitrogens with one attached hydrogen (secondary N) is 2. The van der Waals surface area contributed by atoms with Crippen LogP contribution < -0.4 is 4.72 Å². The molecule has 5 nitrogen and oxygen atoms in total. The summed E-state index contributed by atoms with van der Waals surface area (Å²) < 4.78 is 25.4. The molecular formula is C12H14ClN3O2S. The maximum absolute atomic E-state index is 11.4. The number of hydrogen-bond donors (Lipinski definition) is 2. The lowest BCUT2D eigenvalue weighted by Crippen LogP contribution is -2.26. The Morgan fingerprint density at radius 3 is 2.53 bits per heavy atom. The zero-order chi connectivity index (χ0) is 13.7. The van der Waals surface area contributed by atoms with Crippen LogP contribution in [0.15, 0.2) is 36.5 Å². The van der Waals surface area contributed by atoms with Crippen molar-refractivity contribution in [3.05, 3.63) is 42.1 Å². The molecule has 0 aliphatic heterocycles. The van der Waals surface area contributed by atoms with Gasteiger partial charge in [-0.3, -0.25) is 5.10 Å². The van der Waals surface area contributed by atoms with Crippen LogP contribution in [0.1, 0.15) is 5.56 Å². The molecule has 0 saturated carbocycles. The fraction of sp³-hybridized carbons (Fsp3) is 0.250. The predicted molar refractivity (Wildman–Crippen MR) is 75.4 cm³/mol. The Morgan fingerprint density at radius 2 is 1.95 bits per heavy atom. The Kier molecular flexibility index (Phi) is 4.57. The van der Waals surface area contributed by atoms with E-state index in [1.54, 1.807) is 6.20 Å². The highest BCUT2D eigenvalue weighted by atomic mass is 35.5.